The zero-order valence-electron chi connectivity index (χ0n) is 21.6. The van der Waals surface area contributed by atoms with Gasteiger partial charge >= 0.3 is 14.6 Å². The number of aliphatic hydroxyl groups is 1. The Bertz CT molecular complexity index is 977. The van der Waals surface area contributed by atoms with Crippen LogP contribution in [0.2, 0.25) is 0 Å². The molecule has 0 amide bonds. The van der Waals surface area contributed by atoms with Gasteiger partial charge < -0.3 is 24.8 Å². The summed E-state index contributed by atoms with van der Waals surface area (Å²) in [6.07, 6.45) is 4.67. The average molecular weight is 504 g/mol. The molecule has 1 aromatic carbocycles. The molecule has 1 aliphatic carbocycles. The van der Waals surface area contributed by atoms with E-state index in [-0.39, 0.29) is 6.04 Å². The highest BCUT2D eigenvalue weighted by atomic mass is 32.2. The Balaban J connectivity index is 2.04. The minimum absolute atomic E-state index is 0.0299. The summed E-state index contributed by atoms with van der Waals surface area (Å²) in [5, 5.41) is 10.4. The van der Waals surface area contributed by atoms with E-state index in [4.69, 9.17) is 32.1 Å². The third-order valence-electron chi connectivity index (χ3n) is 7.42. The van der Waals surface area contributed by atoms with Crippen molar-refractivity contribution in [1.82, 2.24) is 4.72 Å². The van der Waals surface area contributed by atoms with E-state index in [1.807, 2.05) is 59.9 Å². The lowest BCUT2D eigenvalue weighted by atomic mass is 9.70. The van der Waals surface area contributed by atoms with Crippen LogP contribution >= 0.6 is 11.9 Å². The van der Waals surface area contributed by atoms with Crippen LogP contribution in [0.5, 0.6) is 0 Å². The van der Waals surface area contributed by atoms with E-state index >= 15 is 0 Å². The fourth-order valence-electron chi connectivity index (χ4n) is 3.74. The molecule has 1 heterocycles. The Morgan fingerprint density at radius 3 is 2.35 bits per heavy atom. The second-order valence-electron chi connectivity index (χ2n) is 11.0. The fourth-order valence-corrected chi connectivity index (χ4v) is 4.44. The molecule has 3 rings (SSSR count). The van der Waals surface area contributed by atoms with Crippen LogP contribution in [0, 0.1) is 0 Å². The van der Waals surface area contributed by atoms with E-state index in [1.165, 1.54) is 11.9 Å². The number of benzene rings is 1. The topological polar surface area (TPSA) is 98.3 Å². The number of nitrogens with two attached hydrogens (primary N) is 1. The summed E-state index contributed by atoms with van der Waals surface area (Å²) >= 11 is 6.67. The van der Waals surface area contributed by atoms with Gasteiger partial charge in [-0.25, -0.2) is 0 Å². The lowest BCUT2D eigenvalue weighted by Gasteiger charge is -2.38. The molecule has 0 spiro atoms. The van der Waals surface area contributed by atoms with Crippen LogP contribution in [0.1, 0.15) is 79.0 Å². The van der Waals surface area contributed by atoms with Crippen LogP contribution in [0.15, 0.2) is 15.9 Å². The van der Waals surface area contributed by atoms with Crippen molar-refractivity contribution in [2.24, 2.45) is 4.36 Å². The number of rotatable bonds is 8. The minimum atomic E-state index is -1.02. The highest BCUT2D eigenvalue weighted by Crippen LogP contribution is 2.42. The number of hydrogen-bond acceptors (Lipinski definition) is 9. The third kappa shape index (κ3) is 5.12. The van der Waals surface area contributed by atoms with Crippen molar-refractivity contribution >= 4 is 61.9 Å². The van der Waals surface area contributed by atoms with Crippen molar-refractivity contribution in [2.45, 2.75) is 90.3 Å². The first-order chi connectivity index (χ1) is 15.5. The van der Waals surface area contributed by atoms with Gasteiger partial charge in [-0.05, 0) is 73.6 Å². The number of nitrogen functional groups attached to an aromatic ring is 1. The zero-order valence-corrected chi connectivity index (χ0v) is 23.2. The maximum absolute atomic E-state index is 10.4. The summed E-state index contributed by atoms with van der Waals surface area (Å²) < 4.78 is 26.2. The number of nitrogens with zero attached hydrogens (tertiary/aromatic N) is 1. The predicted molar refractivity (Wildman–Crippen MR) is 145 cm³/mol. The Labute approximate surface area is 214 Å². The molecule has 34 heavy (non-hydrogen) atoms. The quantitative estimate of drug-likeness (QED) is 0.280. The molecule has 1 saturated heterocycles. The first-order valence-electron chi connectivity index (χ1n) is 11.4. The molecule has 185 valence electrons. The Hall–Kier alpha value is -0.940. The molecule has 1 unspecified atom stereocenters. The number of fused-ring (bicyclic) bond motifs is 1. The van der Waals surface area contributed by atoms with Crippen LogP contribution in [0.25, 0.3) is 6.08 Å². The van der Waals surface area contributed by atoms with Gasteiger partial charge in [0.15, 0.2) is 0 Å². The van der Waals surface area contributed by atoms with Gasteiger partial charge in [0.2, 0.25) is 0 Å². The standard InChI is InChI=1S/C23H36B2N3O4S2/c1-20(2,29)21(3,4)30-24-13-10-15-14(17(11-13)28-34-9)12-16(19(27-33)18(15)26)25-31-22(5,6)23(7,8)32-25/h10,12,17,28-29H,11,26H2,1-9H3. The van der Waals surface area contributed by atoms with E-state index in [9.17, 15) is 5.11 Å². The second-order valence-corrected chi connectivity index (χ2v) is 11.8. The van der Waals surface area contributed by atoms with Crippen molar-refractivity contribution in [2.75, 3.05) is 12.0 Å². The number of hydrogen-bond donors (Lipinski definition) is 3. The van der Waals surface area contributed by atoms with E-state index in [1.54, 1.807) is 21.3 Å². The number of anilines is 1. The lowest BCUT2D eigenvalue weighted by molar-refractivity contribution is -0.0897. The first-order valence-corrected chi connectivity index (χ1v) is 13.0. The Morgan fingerprint density at radius 2 is 1.85 bits per heavy atom. The Kier molecular flexibility index (Phi) is 7.72. The highest BCUT2D eigenvalue weighted by Gasteiger charge is 2.53. The molecule has 0 aromatic heterocycles. The molecule has 1 aliphatic heterocycles. The van der Waals surface area contributed by atoms with Gasteiger partial charge in [-0.1, -0.05) is 29.6 Å². The number of nitrogens with one attached hydrogen (secondary N) is 1. The zero-order chi connectivity index (χ0) is 25.7. The normalized spacial score (nSPS) is 21.8. The lowest BCUT2D eigenvalue weighted by Crippen LogP contribution is -2.48. The van der Waals surface area contributed by atoms with E-state index in [0.29, 0.717) is 17.8 Å². The smallest absolute Gasteiger partial charge is 0.427 e. The van der Waals surface area contributed by atoms with Crippen molar-refractivity contribution < 1.29 is 19.1 Å². The molecule has 0 saturated carbocycles. The SMILES string of the molecule is CSNC1CC([B]OC(C)(C)C(C)(C)O)=Cc2c1cc(B1OC(C)(C)C(C)(C)O1)c(N=S)c2N. The van der Waals surface area contributed by atoms with Gasteiger partial charge in [0, 0.05) is 29.5 Å². The monoisotopic (exact) mass is 504 g/mol. The van der Waals surface area contributed by atoms with Gasteiger partial charge in [-0.2, -0.15) is 4.36 Å². The molecular weight excluding hydrogens is 468 g/mol. The van der Waals surface area contributed by atoms with Crippen molar-refractivity contribution in [3.05, 3.63) is 22.7 Å². The summed E-state index contributed by atoms with van der Waals surface area (Å²) in [6, 6.07) is 2.01. The molecule has 1 radical (unpaired) electrons. The van der Waals surface area contributed by atoms with Crippen LogP contribution in [0.4, 0.5) is 11.4 Å². The molecule has 7 nitrogen and oxygen atoms in total. The molecular formula is C23H36B2N3O4S2. The van der Waals surface area contributed by atoms with Gasteiger partial charge in [0.1, 0.15) is 5.69 Å². The first kappa shape index (κ1) is 27.6. The maximum Gasteiger partial charge on any atom is 0.497 e. The van der Waals surface area contributed by atoms with Crippen LogP contribution in [-0.4, -0.2) is 48.4 Å². The van der Waals surface area contributed by atoms with Gasteiger partial charge in [-0.15, -0.1) is 0 Å². The molecule has 11 heteroatoms. The average Bonchev–Trinajstić information content (AvgIpc) is 2.93. The van der Waals surface area contributed by atoms with Crippen molar-refractivity contribution in [1.29, 1.82) is 0 Å². The Morgan fingerprint density at radius 1 is 1.26 bits per heavy atom. The fraction of sp³-hybridized carbons (Fsp3) is 0.652. The summed E-state index contributed by atoms with van der Waals surface area (Å²) in [5.41, 5.74) is 8.39. The van der Waals surface area contributed by atoms with E-state index < -0.39 is 29.5 Å². The summed E-state index contributed by atoms with van der Waals surface area (Å²) in [7, 11) is 1.09. The summed E-state index contributed by atoms with van der Waals surface area (Å²) in [5.74, 6) is 0. The van der Waals surface area contributed by atoms with E-state index in [0.717, 1.165) is 22.1 Å². The predicted octanol–water partition coefficient (Wildman–Crippen LogP) is 3.77. The summed E-state index contributed by atoms with van der Waals surface area (Å²) in [6.45, 7) is 15.2. The minimum Gasteiger partial charge on any atom is -0.427 e. The molecule has 1 fully saturated rings. The largest absolute Gasteiger partial charge is 0.497 e. The van der Waals surface area contributed by atoms with Crippen LogP contribution < -0.4 is 15.9 Å². The van der Waals surface area contributed by atoms with Gasteiger partial charge in [0.05, 0.1) is 28.1 Å². The maximum atomic E-state index is 10.4. The third-order valence-corrected chi connectivity index (χ3v) is 8.13. The van der Waals surface area contributed by atoms with Crippen LogP contribution in [-0.2, 0) is 26.4 Å². The summed E-state index contributed by atoms with van der Waals surface area (Å²) in [4.78, 5) is 0. The van der Waals surface area contributed by atoms with Crippen LogP contribution in [0.3, 0.4) is 0 Å². The highest BCUT2D eigenvalue weighted by molar-refractivity contribution is 7.96. The molecule has 2 aliphatic rings. The molecule has 0 bridgehead atoms. The molecule has 1 atom stereocenters. The van der Waals surface area contributed by atoms with Crippen molar-refractivity contribution in [3.63, 3.8) is 0 Å². The second kappa shape index (κ2) is 9.50. The molecule has 4 N–H and O–H groups in total. The van der Waals surface area contributed by atoms with E-state index in [2.05, 4.69) is 9.08 Å². The van der Waals surface area contributed by atoms with Gasteiger partial charge in [-0.3, -0.25) is 4.72 Å². The molecule has 1 aromatic rings. The van der Waals surface area contributed by atoms with Crippen molar-refractivity contribution in [3.8, 4) is 0 Å². The van der Waals surface area contributed by atoms with Gasteiger partial charge in [0.25, 0.3) is 0 Å².